The molecule has 0 radical (unpaired) electrons. The van der Waals surface area contributed by atoms with Gasteiger partial charge in [0.05, 0.1) is 0 Å². The van der Waals surface area contributed by atoms with Gasteiger partial charge in [0.2, 0.25) is 0 Å². The van der Waals surface area contributed by atoms with Gasteiger partial charge >= 0.3 is 5.97 Å². The van der Waals surface area contributed by atoms with Crippen molar-refractivity contribution in [2.75, 3.05) is 0 Å². The van der Waals surface area contributed by atoms with E-state index < -0.39 is 5.97 Å². The van der Waals surface area contributed by atoms with E-state index in [9.17, 15) is 9.90 Å². The van der Waals surface area contributed by atoms with Crippen molar-refractivity contribution >= 4 is 5.97 Å². The quantitative estimate of drug-likeness (QED) is 0.834. The van der Waals surface area contributed by atoms with E-state index >= 15 is 0 Å². The molecule has 1 N–H and O–H groups in total. The molecule has 2 aliphatic rings. The van der Waals surface area contributed by atoms with E-state index in [4.69, 9.17) is 0 Å². The molecule has 2 saturated carbocycles. The summed E-state index contributed by atoms with van der Waals surface area (Å²) in [5.41, 5.74) is 0. The van der Waals surface area contributed by atoms with E-state index in [2.05, 4.69) is 4.90 Å². The van der Waals surface area contributed by atoms with Crippen molar-refractivity contribution in [1.82, 2.24) is 4.90 Å². The highest BCUT2D eigenvalue weighted by Crippen LogP contribution is 2.31. The summed E-state index contributed by atoms with van der Waals surface area (Å²) in [6, 6.07) is 0.733. The number of carboxylic acid groups (broad SMARTS) is 1. The molecule has 104 valence electrons. The van der Waals surface area contributed by atoms with Crippen LogP contribution in [0.1, 0.15) is 71.1 Å². The highest BCUT2D eigenvalue weighted by atomic mass is 16.4. The van der Waals surface area contributed by atoms with Gasteiger partial charge in [-0.3, -0.25) is 9.69 Å². The van der Waals surface area contributed by atoms with Crippen molar-refractivity contribution in [1.29, 1.82) is 0 Å². The minimum Gasteiger partial charge on any atom is -0.480 e. The summed E-state index contributed by atoms with van der Waals surface area (Å²) in [5.74, 6) is -0.647. The third kappa shape index (κ3) is 3.25. The fraction of sp³-hybridized carbons (Fsp3) is 0.933. The zero-order valence-corrected chi connectivity index (χ0v) is 11.6. The van der Waals surface area contributed by atoms with Gasteiger partial charge in [-0.1, -0.05) is 38.5 Å². The summed E-state index contributed by atoms with van der Waals surface area (Å²) < 4.78 is 0. The second kappa shape index (κ2) is 6.55. The first-order valence-corrected chi connectivity index (χ1v) is 7.70. The molecule has 0 aromatic rings. The highest BCUT2D eigenvalue weighted by molar-refractivity contribution is 5.73. The Hall–Kier alpha value is -0.570. The van der Waals surface area contributed by atoms with Crippen LogP contribution in [0.5, 0.6) is 0 Å². The van der Waals surface area contributed by atoms with Crippen LogP contribution in [0.2, 0.25) is 0 Å². The average molecular weight is 253 g/mol. The van der Waals surface area contributed by atoms with E-state index in [0.717, 1.165) is 0 Å². The molecule has 18 heavy (non-hydrogen) atoms. The number of nitrogens with zero attached hydrogens (tertiary/aromatic N) is 1. The molecule has 0 bridgehead atoms. The number of hydrogen-bond donors (Lipinski definition) is 1. The molecule has 0 aliphatic heterocycles. The molecular weight excluding hydrogens is 226 g/mol. The summed E-state index contributed by atoms with van der Waals surface area (Å²) in [7, 11) is 0. The maximum atomic E-state index is 11.4. The third-order valence-corrected chi connectivity index (χ3v) is 4.80. The van der Waals surface area contributed by atoms with Crippen molar-refractivity contribution in [3.63, 3.8) is 0 Å². The van der Waals surface area contributed by atoms with Gasteiger partial charge in [0.15, 0.2) is 0 Å². The Morgan fingerprint density at radius 2 is 1.33 bits per heavy atom. The molecule has 2 aliphatic carbocycles. The van der Waals surface area contributed by atoms with Crippen molar-refractivity contribution in [3.8, 4) is 0 Å². The van der Waals surface area contributed by atoms with Gasteiger partial charge < -0.3 is 5.11 Å². The average Bonchev–Trinajstić information content (AvgIpc) is 2.41. The van der Waals surface area contributed by atoms with Gasteiger partial charge in [0.1, 0.15) is 6.04 Å². The van der Waals surface area contributed by atoms with Crippen LogP contribution >= 0.6 is 0 Å². The third-order valence-electron chi connectivity index (χ3n) is 4.80. The van der Waals surface area contributed by atoms with Gasteiger partial charge in [-0.15, -0.1) is 0 Å². The lowest BCUT2D eigenvalue weighted by Gasteiger charge is -2.43. The minimum absolute atomic E-state index is 0.309. The molecule has 0 amide bonds. The molecule has 1 atom stereocenters. The molecule has 0 heterocycles. The summed E-state index contributed by atoms with van der Waals surface area (Å²) in [5, 5.41) is 9.37. The van der Waals surface area contributed by atoms with E-state index in [-0.39, 0.29) is 6.04 Å². The Morgan fingerprint density at radius 3 is 1.67 bits per heavy atom. The van der Waals surface area contributed by atoms with Gasteiger partial charge in [-0.2, -0.15) is 0 Å². The number of rotatable bonds is 4. The topological polar surface area (TPSA) is 40.5 Å². The zero-order valence-electron chi connectivity index (χ0n) is 11.6. The van der Waals surface area contributed by atoms with E-state index in [1.807, 2.05) is 6.92 Å². The smallest absolute Gasteiger partial charge is 0.320 e. The second-order valence-electron chi connectivity index (χ2n) is 6.05. The number of carboxylic acids is 1. The van der Waals surface area contributed by atoms with Gasteiger partial charge in [0.25, 0.3) is 0 Å². The minimum atomic E-state index is -0.647. The molecule has 2 rings (SSSR count). The standard InChI is InChI=1S/C15H27NO2/c1-12(15(17)18)16(13-8-4-2-5-9-13)14-10-6-3-7-11-14/h12-14H,2-11H2,1H3,(H,17,18). The van der Waals surface area contributed by atoms with Gasteiger partial charge in [0, 0.05) is 12.1 Å². The van der Waals surface area contributed by atoms with Gasteiger partial charge in [-0.05, 0) is 32.6 Å². The van der Waals surface area contributed by atoms with E-state index in [1.54, 1.807) is 0 Å². The number of carbonyl (C=O) groups is 1. The summed E-state index contributed by atoms with van der Waals surface area (Å²) in [4.78, 5) is 13.7. The predicted molar refractivity (Wildman–Crippen MR) is 72.7 cm³/mol. The fourth-order valence-corrected chi connectivity index (χ4v) is 3.82. The van der Waals surface area contributed by atoms with Crippen molar-refractivity contribution in [3.05, 3.63) is 0 Å². The van der Waals surface area contributed by atoms with E-state index in [0.29, 0.717) is 12.1 Å². The molecule has 2 fully saturated rings. The van der Waals surface area contributed by atoms with Crippen LogP contribution in [-0.4, -0.2) is 34.1 Å². The van der Waals surface area contributed by atoms with Crippen LogP contribution in [0.3, 0.4) is 0 Å². The Morgan fingerprint density at radius 1 is 0.944 bits per heavy atom. The largest absolute Gasteiger partial charge is 0.480 e. The Kier molecular flexibility index (Phi) is 5.04. The van der Waals surface area contributed by atoms with Crippen LogP contribution in [-0.2, 0) is 4.79 Å². The lowest BCUT2D eigenvalue weighted by molar-refractivity contribution is -0.145. The van der Waals surface area contributed by atoms with Crippen LogP contribution in [0.4, 0.5) is 0 Å². The lowest BCUT2D eigenvalue weighted by atomic mass is 9.87. The molecule has 3 nitrogen and oxygen atoms in total. The molecule has 0 aromatic heterocycles. The Bertz CT molecular complexity index is 250. The Labute approximate surface area is 111 Å². The monoisotopic (exact) mass is 253 g/mol. The molecule has 0 aromatic carbocycles. The maximum absolute atomic E-state index is 11.4. The van der Waals surface area contributed by atoms with Gasteiger partial charge in [-0.25, -0.2) is 0 Å². The SMILES string of the molecule is CC(C(=O)O)N(C1CCCCC1)C1CCCCC1. The van der Waals surface area contributed by atoms with Crippen LogP contribution in [0, 0.1) is 0 Å². The first kappa shape index (κ1) is 13.9. The zero-order chi connectivity index (χ0) is 13.0. The molecular formula is C15H27NO2. The first-order chi connectivity index (χ1) is 8.70. The second-order valence-corrected chi connectivity index (χ2v) is 6.05. The number of aliphatic carboxylic acids is 1. The molecule has 0 saturated heterocycles. The molecule has 1 unspecified atom stereocenters. The van der Waals surface area contributed by atoms with Crippen LogP contribution in [0.15, 0.2) is 0 Å². The fourth-order valence-electron chi connectivity index (χ4n) is 3.82. The van der Waals surface area contributed by atoms with Crippen molar-refractivity contribution in [2.24, 2.45) is 0 Å². The van der Waals surface area contributed by atoms with Crippen molar-refractivity contribution < 1.29 is 9.90 Å². The Balaban J connectivity index is 2.07. The summed E-state index contributed by atoms with van der Waals surface area (Å²) >= 11 is 0. The first-order valence-electron chi connectivity index (χ1n) is 7.70. The summed E-state index contributed by atoms with van der Waals surface area (Å²) in [6.07, 6.45) is 12.6. The highest BCUT2D eigenvalue weighted by Gasteiger charge is 2.34. The van der Waals surface area contributed by atoms with Crippen LogP contribution in [0.25, 0.3) is 0 Å². The predicted octanol–water partition coefficient (Wildman–Crippen LogP) is 3.43. The van der Waals surface area contributed by atoms with Crippen LogP contribution < -0.4 is 0 Å². The molecule has 3 heteroatoms. The lowest BCUT2D eigenvalue weighted by Crippen LogP contribution is -2.52. The van der Waals surface area contributed by atoms with E-state index in [1.165, 1.54) is 64.2 Å². The van der Waals surface area contributed by atoms with Crippen molar-refractivity contribution in [2.45, 2.75) is 89.3 Å². The normalized spacial score (nSPS) is 25.2. The number of hydrogen-bond acceptors (Lipinski definition) is 2. The maximum Gasteiger partial charge on any atom is 0.320 e. The molecule has 0 spiro atoms. The summed E-state index contributed by atoms with van der Waals surface area (Å²) in [6.45, 7) is 1.88.